The van der Waals surface area contributed by atoms with Gasteiger partial charge in [-0.2, -0.15) is 0 Å². The van der Waals surface area contributed by atoms with Gasteiger partial charge in [-0.25, -0.2) is 4.39 Å². The van der Waals surface area contributed by atoms with Gasteiger partial charge in [0.25, 0.3) is 0 Å². The standard InChI is InChI=1S/C16H15Cl3FN/c1-9-5-11(6-10(2)16(9)20)7-21-8-12-13(17)3-4-14(18)15(12)19/h3-6,21H,7-8H2,1-2H3. The number of rotatable bonds is 4. The fourth-order valence-electron chi connectivity index (χ4n) is 2.20. The first-order valence-corrected chi connectivity index (χ1v) is 7.62. The maximum absolute atomic E-state index is 13.6. The molecule has 0 aromatic heterocycles. The van der Waals surface area contributed by atoms with E-state index < -0.39 is 0 Å². The molecule has 1 nitrogen and oxygen atoms in total. The van der Waals surface area contributed by atoms with Gasteiger partial charge in [-0.15, -0.1) is 0 Å². The molecule has 0 unspecified atom stereocenters. The molecule has 0 saturated carbocycles. The van der Waals surface area contributed by atoms with Gasteiger partial charge in [-0.1, -0.05) is 46.9 Å². The lowest BCUT2D eigenvalue weighted by atomic mass is 10.1. The third-order valence-corrected chi connectivity index (χ3v) is 4.46. The van der Waals surface area contributed by atoms with E-state index >= 15 is 0 Å². The fraction of sp³-hybridized carbons (Fsp3) is 0.250. The van der Waals surface area contributed by atoms with Gasteiger partial charge in [0, 0.05) is 23.7 Å². The second-order valence-electron chi connectivity index (χ2n) is 4.97. The van der Waals surface area contributed by atoms with Crippen LogP contribution in [0.2, 0.25) is 15.1 Å². The van der Waals surface area contributed by atoms with E-state index in [4.69, 9.17) is 34.8 Å². The van der Waals surface area contributed by atoms with Gasteiger partial charge in [-0.3, -0.25) is 0 Å². The SMILES string of the molecule is Cc1cc(CNCc2c(Cl)ccc(Cl)c2Cl)cc(C)c1F. The maximum atomic E-state index is 13.6. The van der Waals surface area contributed by atoms with Crippen molar-refractivity contribution in [3.05, 3.63) is 67.4 Å². The molecule has 0 aliphatic rings. The average molecular weight is 347 g/mol. The van der Waals surface area contributed by atoms with Crippen molar-refractivity contribution in [2.75, 3.05) is 0 Å². The van der Waals surface area contributed by atoms with Crippen molar-refractivity contribution in [1.82, 2.24) is 5.32 Å². The van der Waals surface area contributed by atoms with Gasteiger partial charge in [0.05, 0.1) is 10.0 Å². The minimum absolute atomic E-state index is 0.153. The number of aryl methyl sites for hydroxylation is 2. The molecule has 21 heavy (non-hydrogen) atoms. The summed E-state index contributed by atoms with van der Waals surface area (Å²) < 4.78 is 13.6. The molecule has 0 heterocycles. The van der Waals surface area contributed by atoms with Crippen LogP contribution in [0, 0.1) is 19.7 Å². The molecule has 0 bridgehead atoms. The predicted molar refractivity (Wildman–Crippen MR) is 87.9 cm³/mol. The van der Waals surface area contributed by atoms with Gasteiger partial charge in [0.2, 0.25) is 0 Å². The third kappa shape index (κ3) is 3.89. The van der Waals surface area contributed by atoms with Crippen molar-refractivity contribution in [2.24, 2.45) is 0 Å². The van der Waals surface area contributed by atoms with Gasteiger partial charge in [-0.05, 0) is 42.7 Å². The number of hydrogen-bond acceptors (Lipinski definition) is 1. The molecule has 0 aliphatic carbocycles. The highest BCUT2D eigenvalue weighted by atomic mass is 35.5. The summed E-state index contributed by atoms with van der Waals surface area (Å²) in [5, 5.41) is 4.76. The van der Waals surface area contributed by atoms with Crippen molar-refractivity contribution in [3.8, 4) is 0 Å². The summed E-state index contributed by atoms with van der Waals surface area (Å²) in [7, 11) is 0. The Morgan fingerprint density at radius 1 is 0.952 bits per heavy atom. The van der Waals surface area contributed by atoms with Crippen LogP contribution in [0.15, 0.2) is 24.3 Å². The molecule has 0 aliphatic heterocycles. The van der Waals surface area contributed by atoms with Crippen LogP contribution >= 0.6 is 34.8 Å². The number of halogens is 4. The van der Waals surface area contributed by atoms with E-state index in [1.807, 2.05) is 12.1 Å². The zero-order valence-corrected chi connectivity index (χ0v) is 14.0. The molecular weight excluding hydrogens is 332 g/mol. The van der Waals surface area contributed by atoms with Crippen molar-refractivity contribution >= 4 is 34.8 Å². The quantitative estimate of drug-likeness (QED) is 0.701. The number of benzene rings is 2. The zero-order valence-electron chi connectivity index (χ0n) is 11.7. The highest BCUT2D eigenvalue weighted by Gasteiger charge is 2.09. The van der Waals surface area contributed by atoms with Gasteiger partial charge in [0.1, 0.15) is 5.82 Å². The van der Waals surface area contributed by atoms with Crippen LogP contribution < -0.4 is 5.32 Å². The minimum Gasteiger partial charge on any atom is -0.309 e. The van der Waals surface area contributed by atoms with E-state index in [0.717, 1.165) is 11.1 Å². The Balaban J connectivity index is 2.07. The van der Waals surface area contributed by atoms with E-state index in [9.17, 15) is 4.39 Å². The van der Waals surface area contributed by atoms with Gasteiger partial charge < -0.3 is 5.32 Å². The smallest absolute Gasteiger partial charge is 0.129 e. The molecular formula is C16H15Cl3FN. The topological polar surface area (TPSA) is 12.0 Å². The third-order valence-electron chi connectivity index (χ3n) is 3.27. The molecule has 0 saturated heterocycles. The van der Waals surface area contributed by atoms with Crippen molar-refractivity contribution in [2.45, 2.75) is 26.9 Å². The summed E-state index contributed by atoms with van der Waals surface area (Å²) in [6, 6.07) is 7.05. The number of nitrogens with one attached hydrogen (secondary N) is 1. The first-order valence-electron chi connectivity index (χ1n) is 6.49. The molecule has 0 amide bonds. The molecule has 1 N–H and O–H groups in total. The minimum atomic E-state index is -0.153. The summed E-state index contributed by atoms with van der Waals surface area (Å²) in [6.45, 7) is 4.61. The maximum Gasteiger partial charge on any atom is 0.129 e. The largest absolute Gasteiger partial charge is 0.309 e. The van der Waals surface area contributed by atoms with Crippen LogP contribution in [0.25, 0.3) is 0 Å². The Labute approximate surface area is 139 Å². The number of hydrogen-bond donors (Lipinski definition) is 1. The van der Waals surface area contributed by atoms with Crippen LogP contribution in [-0.4, -0.2) is 0 Å². The van der Waals surface area contributed by atoms with Crippen LogP contribution in [-0.2, 0) is 13.1 Å². The molecule has 0 atom stereocenters. The molecule has 2 aromatic rings. The lowest BCUT2D eigenvalue weighted by molar-refractivity contribution is 0.606. The van der Waals surface area contributed by atoms with E-state index in [-0.39, 0.29) is 5.82 Å². The van der Waals surface area contributed by atoms with E-state index in [2.05, 4.69) is 5.32 Å². The lowest BCUT2D eigenvalue weighted by Gasteiger charge is -2.11. The first-order chi connectivity index (χ1) is 9.90. The average Bonchev–Trinajstić information content (AvgIpc) is 2.44. The van der Waals surface area contributed by atoms with Gasteiger partial charge in [0.15, 0.2) is 0 Å². The summed E-state index contributed by atoms with van der Waals surface area (Å²) in [5.74, 6) is -0.153. The molecule has 5 heteroatoms. The van der Waals surface area contributed by atoms with Crippen LogP contribution in [0.3, 0.4) is 0 Å². The first kappa shape index (κ1) is 16.6. The molecule has 112 valence electrons. The molecule has 0 spiro atoms. The van der Waals surface area contributed by atoms with Crippen LogP contribution in [0.5, 0.6) is 0 Å². The fourth-order valence-corrected chi connectivity index (χ4v) is 2.88. The Bertz CT molecular complexity index is 648. The summed E-state index contributed by atoms with van der Waals surface area (Å²) >= 11 is 18.2. The highest BCUT2D eigenvalue weighted by molar-refractivity contribution is 6.44. The summed E-state index contributed by atoms with van der Waals surface area (Å²) in [5.41, 5.74) is 3.07. The predicted octanol–water partition coefficient (Wildman–Crippen LogP) is 5.69. The molecule has 0 radical (unpaired) electrons. The van der Waals surface area contributed by atoms with E-state index in [0.29, 0.717) is 39.3 Å². The van der Waals surface area contributed by atoms with Crippen molar-refractivity contribution < 1.29 is 4.39 Å². The Morgan fingerprint density at radius 2 is 1.52 bits per heavy atom. The Morgan fingerprint density at radius 3 is 2.14 bits per heavy atom. The van der Waals surface area contributed by atoms with Crippen molar-refractivity contribution in [3.63, 3.8) is 0 Å². The van der Waals surface area contributed by atoms with Crippen LogP contribution in [0.4, 0.5) is 4.39 Å². The molecule has 0 fully saturated rings. The monoisotopic (exact) mass is 345 g/mol. The normalized spacial score (nSPS) is 11.0. The van der Waals surface area contributed by atoms with E-state index in [1.54, 1.807) is 26.0 Å². The molecule has 2 rings (SSSR count). The van der Waals surface area contributed by atoms with Gasteiger partial charge >= 0.3 is 0 Å². The second-order valence-corrected chi connectivity index (χ2v) is 6.16. The summed E-state index contributed by atoms with van der Waals surface area (Å²) in [4.78, 5) is 0. The zero-order chi connectivity index (χ0) is 15.6. The second kappa shape index (κ2) is 6.97. The molecule has 2 aromatic carbocycles. The Kier molecular flexibility index (Phi) is 5.50. The summed E-state index contributed by atoms with van der Waals surface area (Å²) in [6.07, 6.45) is 0. The van der Waals surface area contributed by atoms with Crippen LogP contribution in [0.1, 0.15) is 22.3 Å². The van der Waals surface area contributed by atoms with E-state index in [1.165, 1.54) is 0 Å². The lowest BCUT2D eigenvalue weighted by Crippen LogP contribution is -2.14. The van der Waals surface area contributed by atoms with Crippen molar-refractivity contribution in [1.29, 1.82) is 0 Å². The highest BCUT2D eigenvalue weighted by Crippen LogP contribution is 2.31. The Hall–Kier alpha value is -0.800.